The van der Waals surface area contributed by atoms with Crippen LogP contribution in [0.25, 0.3) is 0 Å². The van der Waals surface area contributed by atoms with E-state index < -0.39 is 6.04 Å². The zero-order valence-electron chi connectivity index (χ0n) is 21.7. The summed E-state index contributed by atoms with van der Waals surface area (Å²) in [5, 5.41) is 3.80. The van der Waals surface area contributed by atoms with E-state index >= 15 is 0 Å². The van der Waals surface area contributed by atoms with E-state index in [9.17, 15) is 9.59 Å². The van der Waals surface area contributed by atoms with E-state index in [1.54, 1.807) is 17.0 Å². The highest BCUT2D eigenvalue weighted by Gasteiger charge is 2.31. The van der Waals surface area contributed by atoms with Crippen LogP contribution in [-0.2, 0) is 22.6 Å². The van der Waals surface area contributed by atoms with Gasteiger partial charge in [-0.15, -0.1) is 0 Å². The van der Waals surface area contributed by atoms with E-state index in [2.05, 4.69) is 19.2 Å². The van der Waals surface area contributed by atoms with Crippen LogP contribution in [0.4, 0.5) is 0 Å². The summed E-state index contributed by atoms with van der Waals surface area (Å²) >= 11 is 12.4. The summed E-state index contributed by atoms with van der Waals surface area (Å²) in [5.41, 5.74) is 2.73. The molecular weight excluding hydrogens is 507 g/mol. The number of rotatable bonds is 11. The van der Waals surface area contributed by atoms with Gasteiger partial charge in [0.1, 0.15) is 11.8 Å². The van der Waals surface area contributed by atoms with Gasteiger partial charge in [0.25, 0.3) is 5.91 Å². The lowest BCUT2D eigenvalue weighted by atomic mass is 10.0. The summed E-state index contributed by atoms with van der Waals surface area (Å²) < 4.78 is 6.01. The van der Waals surface area contributed by atoms with Crippen molar-refractivity contribution in [2.75, 3.05) is 6.61 Å². The molecule has 1 N–H and O–H groups in total. The first-order valence-electron chi connectivity index (χ1n) is 12.4. The third kappa shape index (κ3) is 8.24. The lowest BCUT2D eigenvalue weighted by Crippen LogP contribution is -2.52. The van der Waals surface area contributed by atoms with Crippen LogP contribution in [0.5, 0.6) is 5.75 Å². The molecule has 0 saturated carbocycles. The summed E-state index contributed by atoms with van der Waals surface area (Å²) in [6.07, 6.45) is 0.356. The zero-order valence-corrected chi connectivity index (χ0v) is 23.2. The van der Waals surface area contributed by atoms with Crippen molar-refractivity contribution in [2.45, 2.75) is 58.7 Å². The second-order valence-corrected chi connectivity index (χ2v) is 10.4. The molecule has 5 nitrogen and oxygen atoms in total. The molecule has 3 aromatic rings. The summed E-state index contributed by atoms with van der Waals surface area (Å²) in [6.45, 7) is 7.92. The summed E-state index contributed by atoms with van der Waals surface area (Å²) in [5.74, 6) is 0.368. The van der Waals surface area contributed by atoms with Gasteiger partial charge in [0, 0.05) is 19.0 Å². The van der Waals surface area contributed by atoms with Crippen molar-refractivity contribution in [2.24, 2.45) is 0 Å². The highest BCUT2D eigenvalue weighted by molar-refractivity contribution is 6.42. The molecule has 0 unspecified atom stereocenters. The van der Waals surface area contributed by atoms with Gasteiger partial charge < -0.3 is 15.0 Å². The fraction of sp³-hybridized carbons (Fsp3) is 0.333. The number of carbonyl (C=O) groups is 2. The van der Waals surface area contributed by atoms with Crippen LogP contribution in [0.3, 0.4) is 0 Å². The fourth-order valence-corrected chi connectivity index (χ4v) is 4.40. The average molecular weight is 542 g/mol. The largest absolute Gasteiger partial charge is 0.483 e. The standard InChI is InChI=1S/C30H34Cl2N2O3/c1-20(2)24-12-8-9-13-28(24)37-19-29(35)34(18-23-14-15-25(31)26(32)16-23)27(30(36)33-21(3)4)17-22-10-6-5-7-11-22/h5-16,20-21,27H,17-19H2,1-4H3,(H,33,36)/t27-/m1/s1. The summed E-state index contributed by atoms with van der Waals surface area (Å²) in [7, 11) is 0. The summed E-state index contributed by atoms with van der Waals surface area (Å²) in [6, 6.07) is 21.7. The van der Waals surface area contributed by atoms with Gasteiger partial charge in [-0.3, -0.25) is 9.59 Å². The first kappa shape index (κ1) is 28.5. The fourth-order valence-electron chi connectivity index (χ4n) is 4.08. The molecule has 0 fully saturated rings. The Morgan fingerprint density at radius 2 is 1.54 bits per heavy atom. The molecule has 0 aliphatic rings. The Balaban J connectivity index is 1.95. The van der Waals surface area contributed by atoms with Crippen LogP contribution in [0, 0.1) is 0 Å². The number of ether oxygens (including phenoxy) is 1. The van der Waals surface area contributed by atoms with Gasteiger partial charge in [-0.25, -0.2) is 0 Å². The van der Waals surface area contributed by atoms with Gasteiger partial charge in [-0.05, 0) is 54.7 Å². The van der Waals surface area contributed by atoms with Crippen molar-refractivity contribution < 1.29 is 14.3 Å². The van der Waals surface area contributed by atoms with E-state index in [-0.39, 0.29) is 36.9 Å². The van der Waals surface area contributed by atoms with E-state index in [4.69, 9.17) is 27.9 Å². The minimum Gasteiger partial charge on any atom is -0.483 e. The van der Waals surface area contributed by atoms with Crippen molar-refractivity contribution in [1.82, 2.24) is 10.2 Å². The van der Waals surface area contributed by atoms with Crippen molar-refractivity contribution >= 4 is 35.0 Å². The first-order chi connectivity index (χ1) is 17.7. The van der Waals surface area contributed by atoms with Crippen molar-refractivity contribution in [3.63, 3.8) is 0 Å². The number of carbonyl (C=O) groups excluding carboxylic acids is 2. The van der Waals surface area contributed by atoms with Crippen LogP contribution in [0.2, 0.25) is 10.0 Å². The number of amides is 2. The van der Waals surface area contributed by atoms with Crippen molar-refractivity contribution in [3.05, 3.63) is 99.5 Å². The molecule has 0 radical (unpaired) electrons. The minimum atomic E-state index is -0.754. The minimum absolute atomic E-state index is 0.0816. The molecule has 3 rings (SSSR count). The first-order valence-corrected chi connectivity index (χ1v) is 13.2. The molecule has 0 aromatic heterocycles. The van der Waals surface area contributed by atoms with E-state index in [1.807, 2.05) is 74.5 Å². The van der Waals surface area contributed by atoms with Gasteiger partial charge in [0.05, 0.1) is 10.0 Å². The number of hydrogen-bond donors (Lipinski definition) is 1. The van der Waals surface area contributed by atoms with Gasteiger partial charge in [-0.2, -0.15) is 0 Å². The Bertz CT molecular complexity index is 1200. The number of halogens is 2. The summed E-state index contributed by atoms with van der Waals surface area (Å²) in [4.78, 5) is 28.7. The van der Waals surface area contributed by atoms with Crippen LogP contribution in [0.1, 0.15) is 50.3 Å². The number of benzene rings is 3. The highest BCUT2D eigenvalue weighted by atomic mass is 35.5. The highest BCUT2D eigenvalue weighted by Crippen LogP contribution is 2.27. The number of hydrogen-bond acceptors (Lipinski definition) is 3. The Morgan fingerprint density at radius 1 is 0.865 bits per heavy atom. The van der Waals surface area contributed by atoms with Gasteiger partial charge in [0.15, 0.2) is 6.61 Å². The Kier molecular flexibility index (Phi) is 10.4. The molecule has 196 valence electrons. The van der Waals surface area contributed by atoms with Gasteiger partial charge in [0.2, 0.25) is 5.91 Å². The number of nitrogens with zero attached hydrogens (tertiary/aromatic N) is 1. The topological polar surface area (TPSA) is 58.6 Å². The average Bonchev–Trinajstić information content (AvgIpc) is 2.87. The van der Waals surface area contributed by atoms with E-state index in [1.165, 1.54) is 0 Å². The predicted octanol–water partition coefficient (Wildman–Crippen LogP) is 6.66. The maximum absolute atomic E-state index is 13.7. The molecule has 2 amide bonds. The van der Waals surface area contributed by atoms with Gasteiger partial charge in [-0.1, -0.05) is 91.6 Å². The Morgan fingerprint density at radius 3 is 2.19 bits per heavy atom. The molecule has 0 saturated heterocycles. The lowest BCUT2D eigenvalue weighted by molar-refractivity contribution is -0.143. The lowest BCUT2D eigenvalue weighted by Gasteiger charge is -2.32. The van der Waals surface area contributed by atoms with Crippen molar-refractivity contribution in [1.29, 1.82) is 0 Å². The van der Waals surface area contributed by atoms with Crippen LogP contribution >= 0.6 is 23.2 Å². The second-order valence-electron chi connectivity index (χ2n) is 9.62. The molecule has 0 heterocycles. The van der Waals surface area contributed by atoms with Crippen LogP contribution in [0.15, 0.2) is 72.8 Å². The monoisotopic (exact) mass is 540 g/mol. The molecule has 1 atom stereocenters. The molecule has 0 aliphatic carbocycles. The molecule has 7 heteroatoms. The molecule has 37 heavy (non-hydrogen) atoms. The Hall–Kier alpha value is -3.02. The SMILES string of the molecule is CC(C)NC(=O)[C@@H](Cc1ccccc1)N(Cc1ccc(Cl)c(Cl)c1)C(=O)COc1ccccc1C(C)C. The predicted molar refractivity (Wildman–Crippen MR) is 150 cm³/mol. The molecule has 3 aromatic carbocycles. The Labute approximate surface area is 229 Å². The van der Waals surface area contributed by atoms with Crippen molar-refractivity contribution in [3.8, 4) is 5.75 Å². The quantitative estimate of drug-likeness (QED) is 0.295. The van der Waals surface area contributed by atoms with Gasteiger partial charge >= 0.3 is 0 Å². The van der Waals surface area contributed by atoms with E-state index in [0.29, 0.717) is 22.2 Å². The third-order valence-electron chi connectivity index (χ3n) is 5.93. The maximum atomic E-state index is 13.7. The number of nitrogens with one attached hydrogen (secondary N) is 1. The maximum Gasteiger partial charge on any atom is 0.261 e. The molecular formula is C30H34Cl2N2O3. The smallest absolute Gasteiger partial charge is 0.261 e. The molecule has 0 spiro atoms. The van der Waals surface area contributed by atoms with E-state index in [0.717, 1.165) is 16.7 Å². The second kappa shape index (κ2) is 13.5. The molecule has 0 bridgehead atoms. The van der Waals surface area contributed by atoms with Crippen LogP contribution in [-0.4, -0.2) is 35.4 Å². The zero-order chi connectivity index (χ0) is 26.9. The normalized spacial score (nSPS) is 11.9. The van der Waals surface area contributed by atoms with Crippen LogP contribution < -0.4 is 10.1 Å². The number of para-hydroxylation sites is 1. The molecule has 0 aliphatic heterocycles. The third-order valence-corrected chi connectivity index (χ3v) is 6.67.